The molecule has 2 N–H and O–H groups in total. The van der Waals surface area contributed by atoms with Gasteiger partial charge in [0.2, 0.25) is 5.88 Å². The molecular weight excluding hydrogens is 544 g/mol. The van der Waals surface area contributed by atoms with Crippen molar-refractivity contribution in [3.8, 4) is 17.3 Å². The highest BCUT2D eigenvalue weighted by molar-refractivity contribution is 7.87. The lowest BCUT2D eigenvalue weighted by Gasteiger charge is -2.08. The minimum Gasteiger partial charge on any atom is -0.492 e. The molecule has 192 valence electrons. The molecule has 0 aliphatic rings. The maximum Gasteiger partial charge on any atom is 0.339 e. The van der Waals surface area contributed by atoms with Crippen molar-refractivity contribution in [1.82, 2.24) is 9.78 Å². The molecule has 14 heteroatoms. The SMILES string of the molecule is Cc1ccc(S(=O)(=O)Oc2ccc(N=Nc3c(C)nn(-c4ccc(Cl)cc4S(=O)(=O)O)c3O)cc2)cc1. The standard InChI is InChI=1S/C23H19ClN4O7S2/c1-14-3-10-19(11-4-14)37(33,34)35-18-8-6-17(7-9-18)25-26-22-15(2)27-28(23(22)29)20-12-5-16(24)13-21(20)36(30,31)32/h3-13,29H,1-2H3,(H,30,31,32). The van der Waals surface area contributed by atoms with Gasteiger partial charge in [-0.15, -0.1) is 5.11 Å². The second kappa shape index (κ2) is 9.94. The Hall–Kier alpha value is -3.78. The highest BCUT2D eigenvalue weighted by atomic mass is 35.5. The minimum atomic E-state index is -4.68. The third-order valence-corrected chi connectivity index (χ3v) is 7.43. The molecule has 4 rings (SSSR count). The Morgan fingerprint density at radius 1 is 0.919 bits per heavy atom. The van der Waals surface area contributed by atoms with E-state index in [0.717, 1.165) is 16.3 Å². The molecule has 0 fully saturated rings. The summed E-state index contributed by atoms with van der Waals surface area (Å²) >= 11 is 5.84. The van der Waals surface area contributed by atoms with E-state index in [-0.39, 0.29) is 32.7 Å². The highest BCUT2D eigenvalue weighted by Crippen LogP contribution is 2.36. The van der Waals surface area contributed by atoms with E-state index in [2.05, 4.69) is 15.3 Å². The molecule has 0 radical (unpaired) electrons. The largest absolute Gasteiger partial charge is 0.492 e. The fraction of sp³-hybridized carbons (Fsp3) is 0.0870. The molecule has 0 aliphatic carbocycles. The summed E-state index contributed by atoms with van der Waals surface area (Å²) in [5.74, 6) is -0.468. The van der Waals surface area contributed by atoms with Gasteiger partial charge in [0.25, 0.3) is 10.1 Å². The molecule has 0 saturated heterocycles. The van der Waals surface area contributed by atoms with E-state index < -0.39 is 31.0 Å². The van der Waals surface area contributed by atoms with Crippen LogP contribution in [0.1, 0.15) is 11.3 Å². The van der Waals surface area contributed by atoms with Gasteiger partial charge in [0.15, 0.2) is 5.69 Å². The van der Waals surface area contributed by atoms with E-state index in [1.807, 2.05) is 6.92 Å². The minimum absolute atomic E-state index is 0.0164. The fourth-order valence-corrected chi connectivity index (χ4v) is 5.08. The summed E-state index contributed by atoms with van der Waals surface area (Å²) in [4.78, 5) is -0.542. The Labute approximate surface area is 217 Å². The maximum absolute atomic E-state index is 12.4. The third kappa shape index (κ3) is 5.80. The van der Waals surface area contributed by atoms with Gasteiger partial charge < -0.3 is 9.29 Å². The molecule has 1 heterocycles. The summed E-state index contributed by atoms with van der Waals surface area (Å²) in [7, 11) is -8.70. The van der Waals surface area contributed by atoms with Gasteiger partial charge >= 0.3 is 10.1 Å². The normalized spacial score (nSPS) is 12.2. The van der Waals surface area contributed by atoms with Gasteiger partial charge in [-0.3, -0.25) is 4.55 Å². The average Bonchev–Trinajstić information content (AvgIpc) is 3.11. The quantitative estimate of drug-likeness (QED) is 0.175. The molecule has 0 amide bonds. The van der Waals surface area contributed by atoms with Crippen LogP contribution < -0.4 is 4.18 Å². The number of aromatic nitrogens is 2. The molecular formula is C23H19ClN4O7S2. The number of hydrogen-bond donors (Lipinski definition) is 2. The molecule has 4 aromatic rings. The van der Waals surface area contributed by atoms with Gasteiger partial charge in [-0.05, 0) is 68.4 Å². The first-order valence-corrected chi connectivity index (χ1v) is 13.7. The fourth-order valence-electron chi connectivity index (χ4n) is 3.22. The first kappa shape index (κ1) is 26.3. The van der Waals surface area contributed by atoms with Crippen molar-refractivity contribution in [3.05, 3.63) is 83.0 Å². The van der Waals surface area contributed by atoms with E-state index in [1.165, 1.54) is 55.5 Å². The topological polar surface area (TPSA) is 161 Å². The number of azo groups is 1. The van der Waals surface area contributed by atoms with Crippen LogP contribution in [0.2, 0.25) is 5.02 Å². The molecule has 0 bridgehead atoms. The average molecular weight is 563 g/mol. The van der Waals surface area contributed by atoms with Gasteiger partial charge in [0.1, 0.15) is 15.5 Å². The van der Waals surface area contributed by atoms with E-state index in [4.69, 9.17) is 15.8 Å². The third-order valence-electron chi connectivity index (χ3n) is 5.05. The predicted octanol–water partition coefficient (Wildman–Crippen LogP) is 5.28. The highest BCUT2D eigenvalue weighted by Gasteiger charge is 2.23. The number of benzene rings is 3. The molecule has 0 aliphatic heterocycles. The summed E-state index contributed by atoms with van der Waals surface area (Å²) in [5.41, 5.74) is 1.22. The van der Waals surface area contributed by atoms with Gasteiger partial charge in [0.05, 0.1) is 17.1 Å². The lowest BCUT2D eigenvalue weighted by Crippen LogP contribution is -2.09. The van der Waals surface area contributed by atoms with Crippen molar-refractivity contribution in [3.63, 3.8) is 0 Å². The molecule has 1 aromatic heterocycles. The van der Waals surface area contributed by atoms with Crippen LogP contribution in [0.3, 0.4) is 0 Å². The molecule has 0 atom stereocenters. The second-order valence-electron chi connectivity index (χ2n) is 7.80. The zero-order chi connectivity index (χ0) is 27.0. The first-order chi connectivity index (χ1) is 17.3. The maximum atomic E-state index is 12.4. The second-order valence-corrected chi connectivity index (χ2v) is 11.2. The zero-order valence-corrected chi connectivity index (χ0v) is 21.7. The van der Waals surface area contributed by atoms with Crippen LogP contribution in [-0.4, -0.2) is 36.3 Å². The van der Waals surface area contributed by atoms with Crippen LogP contribution in [0, 0.1) is 13.8 Å². The lowest BCUT2D eigenvalue weighted by molar-refractivity contribution is 0.432. The predicted molar refractivity (Wildman–Crippen MR) is 134 cm³/mol. The van der Waals surface area contributed by atoms with Gasteiger partial charge in [0, 0.05) is 5.02 Å². The van der Waals surface area contributed by atoms with Crippen LogP contribution in [0.4, 0.5) is 11.4 Å². The Bertz CT molecular complexity index is 1720. The Balaban J connectivity index is 1.58. The Kier molecular flexibility index (Phi) is 7.06. The molecule has 0 spiro atoms. The smallest absolute Gasteiger partial charge is 0.339 e. The number of rotatable bonds is 7. The number of nitrogens with zero attached hydrogens (tertiary/aromatic N) is 4. The van der Waals surface area contributed by atoms with Crippen LogP contribution in [0.15, 0.2) is 86.7 Å². The van der Waals surface area contributed by atoms with Crippen LogP contribution in [0.5, 0.6) is 11.6 Å². The Morgan fingerprint density at radius 3 is 2.19 bits per heavy atom. The van der Waals surface area contributed by atoms with E-state index >= 15 is 0 Å². The number of aromatic hydroxyl groups is 1. The lowest BCUT2D eigenvalue weighted by atomic mass is 10.2. The zero-order valence-electron chi connectivity index (χ0n) is 19.3. The number of aryl methyl sites for hydroxylation is 2. The van der Waals surface area contributed by atoms with Crippen molar-refractivity contribution < 1.29 is 30.7 Å². The number of halogens is 1. The summed E-state index contributed by atoms with van der Waals surface area (Å²) in [6.45, 7) is 3.35. The van der Waals surface area contributed by atoms with Crippen molar-refractivity contribution >= 4 is 43.2 Å². The summed E-state index contributed by atoms with van der Waals surface area (Å²) < 4.78 is 64.0. The Morgan fingerprint density at radius 2 is 1.57 bits per heavy atom. The van der Waals surface area contributed by atoms with Gasteiger partial charge in [-0.1, -0.05) is 29.3 Å². The van der Waals surface area contributed by atoms with Gasteiger partial charge in [-0.25, -0.2) is 0 Å². The summed E-state index contributed by atoms with van der Waals surface area (Å²) in [6, 6.07) is 15.6. The summed E-state index contributed by atoms with van der Waals surface area (Å²) in [6.07, 6.45) is 0. The van der Waals surface area contributed by atoms with Crippen molar-refractivity contribution in [2.24, 2.45) is 10.2 Å². The van der Waals surface area contributed by atoms with Crippen LogP contribution in [-0.2, 0) is 20.2 Å². The molecule has 37 heavy (non-hydrogen) atoms. The van der Waals surface area contributed by atoms with E-state index in [9.17, 15) is 26.5 Å². The monoisotopic (exact) mass is 562 g/mol. The van der Waals surface area contributed by atoms with Crippen LogP contribution in [0.25, 0.3) is 5.69 Å². The van der Waals surface area contributed by atoms with E-state index in [0.29, 0.717) is 5.69 Å². The summed E-state index contributed by atoms with van der Waals surface area (Å²) in [5, 5.41) is 22.8. The van der Waals surface area contributed by atoms with Crippen LogP contribution >= 0.6 is 11.6 Å². The molecule has 3 aromatic carbocycles. The van der Waals surface area contributed by atoms with Crippen molar-refractivity contribution in [2.45, 2.75) is 23.6 Å². The van der Waals surface area contributed by atoms with Crippen molar-refractivity contribution in [2.75, 3.05) is 0 Å². The van der Waals surface area contributed by atoms with Crippen molar-refractivity contribution in [1.29, 1.82) is 0 Å². The number of hydrogen-bond acceptors (Lipinski definition) is 9. The molecule has 0 saturated carbocycles. The van der Waals surface area contributed by atoms with Gasteiger partial charge in [-0.2, -0.15) is 31.7 Å². The first-order valence-electron chi connectivity index (χ1n) is 10.4. The molecule has 0 unspecified atom stereocenters. The molecule has 11 nitrogen and oxygen atoms in total. The van der Waals surface area contributed by atoms with E-state index in [1.54, 1.807) is 12.1 Å².